The summed E-state index contributed by atoms with van der Waals surface area (Å²) >= 11 is 0. The van der Waals surface area contributed by atoms with Crippen LogP contribution >= 0.6 is 0 Å². The number of carbonyl (C=O) groups is 3. The zero-order chi connectivity index (χ0) is 21.6. The van der Waals surface area contributed by atoms with Crippen LogP contribution in [-0.4, -0.2) is 17.3 Å². The molecule has 0 saturated carbocycles. The minimum absolute atomic E-state index is 0.210. The first-order valence-corrected chi connectivity index (χ1v) is 12.0. The fraction of sp³-hybridized carbons (Fsp3) is 0.731. The van der Waals surface area contributed by atoms with E-state index in [-0.39, 0.29) is 11.6 Å². The highest BCUT2D eigenvalue weighted by atomic mass is 16.1. The lowest BCUT2D eigenvalue weighted by atomic mass is 10.0. The summed E-state index contributed by atoms with van der Waals surface area (Å²) in [5, 5.41) is 0. The molecule has 0 amide bonds. The number of ketones is 3. The van der Waals surface area contributed by atoms with E-state index in [1.807, 2.05) is 26.0 Å². The zero-order valence-electron chi connectivity index (χ0n) is 19.1. The summed E-state index contributed by atoms with van der Waals surface area (Å²) in [5.41, 5.74) is 0. The third-order valence-electron chi connectivity index (χ3n) is 5.11. The van der Waals surface area contributed by atoms with Crippen molar-refractivity contribution in [1.82, 2.24) is 0 Å². The molecule has 0 aromatic rings. The van der Waals surface area contributed by atoms with E-state index in [1.165, 1.54) is 19.3 Å². The van der Waals surface area contributed by atoms with E-state index in [9.17, 15) is 14.4 Å². The Morgan fingerprint density at radius 2 is 1.03 bits per heavy atom. The third-order valence-corrected chi connectivity index (χ3v) is 5.11. The van der Waals surface area contributed by atoms with Crippen molar-refractivity contribution < 1.29 is 14.4 Å². The fourth-order valence-electron chi connectivity index (χ4n) is 3.24. The number of hydrogen-bond donors (Lipinski definition) is 0. The van der Waals surface area contributed by atoms with Gasteiger partial charge in [-0.3, -0.25) is 14.4 Å². The van der Waals surface area contributed by atoms with E-state index in [4.69, 9.17) is 0 Å². The van der Waals surface area contributed by atoms with Crippen LogP contribution in [0.2, 0.25) is 0 Å². The van der Waals surface area contributed by atoms with Gasteiger partial charge in [0.05, 0.1) is 0 Å². The Morgan fingerprint density at radius 3 is 1.59 bits per heavy atom. The summed E-state index contributed by atoms with van der Waals surface area (Å²) in [6, 6.07) is 0. The summed E-state index contributed by atoms with van der Waals surface area (Å²) in [7, 11) is 0. The van der Waals surface area contributed by atoms with Crippen LogP contribution in [0.3, 0.4) is 0 Å². The van der Waals surface area contributed by atoms with Crippen molar-refractivity contribution in [2.24, 2.45) is 0 Å². The summed E-state index contributed by atoms with van der Waals surface area (Å²) in [5.74, 6) is 0.850. The Balaban J connectivity index is 3.40. The molecule has 0 fully saturated rings. The second-order valence-corrected chi connectivity index (χ2v) is 7.99. The largest absolute Gasteiger partial charge is 0.300 e. The number of hydrogen-bond acceptors (Lipinski definition) is 3. The lowest BCUT2D eigenvalue weighted by Crippen LogP contribution is -1.96. The molecule has 166 valence electrons. The topological polar surface area (TPSA) is 51.2 Å². The van der Waals surface area contributed by atoms with Gasteiger partial charge in [0.2, 0.25) is 0 Å². The van der Waals surface area contributed by atoms with Crippen molar-refractivity contribution >= 4 is 17.3 Å². The Hall–Kier alpha value is -1.51. The average Bonchev–Trinajstić information content (AvgIpc) is 2.71. The van der Waals surface area contributed by atoms with Crippen molar-refractivity contribution in [2.45, 2.75) is 123 Å². The van der Waals surface area contributed by atoms with Gasteiger partial charge >= 0.3 is 0 Å². The maximum Gasteiger partial charge on any atom is 0.155 e. The maximum absolute atomic E-state index is 11.8. The van der Waals surface area contributed by atoms with Crippen LogP contribution in [0.25, 0.3) is 0 Å². The molecule has 0 aliphatic carbocycles. The minimum atomic E-state index is 0.210. The van der Waals surface area contributed by atoms with Gasteiger partial charge in [0.1, 0.15) is 5.78 Å². The maximum atomic E-state index is 11.8. The molecule has 0 heterocycles. The highest BCUT2D eigenvalue weighted by Crippen LogP contribution is 2.10. The molecule has 0 radical (unpaired) electrons. The zero-order valence-corrected chi connectivity index (χ0v) is 19.1. The second kappa shape index (κ2) is 21.2. The number of allylic oxidation sites excluding steroid dienone is 4. The van der Waals surface area contributed by atoms with Crippen molar-refractivity contribution in [1.29, 1.82) is 0 Å². The van der Waals surface area contributed by atoms with Gasteiger partial charge in [0.15, 0.2) is 11.6 Å². The molecule has 0 saturated heterocycles. The highest BCUT2D eigenvalue weighted by Gasteiger charge is 2.01. The van der Waals surface area contributed by atoms with Gasteiger partial charge in [-0.15, -0.1) is 0 Å². The molecule has 0 aliphatic heterocycles. The van der Waals surface area contributed by atoms with Crippen LogP contribution < -0.4 is 0 Å². The number of Topliss-reactive ketones (excluding diaryl/α,β-unsaturated/α-hetero) is 1. The minimum Gasteiger partial charge on any atom is -0.300 e. The Bertz CT molecular complexity index is 488. The van der Waals surface area contributed by atoms with Gasteiger partial charge in [-0.25, -0.2) is 0 Å². The monoisotopic (exact) mass is 404 g/mol. The van der Waals surface area contributed by atoms with Crippen LogP contribution in [0.5, 0.6) is 0 Å². The van der Waals surface area contributed by atoms with E-state index in [0.29, 0.717) is 18.6 Å². The van der Waals surface area contributed by atoms with Gasteiger partial charge in [-0.2, -0.15) is 0 Å². The molecule has 0 unspecified atom stereocenters. The third kappa shape index (κ3) is 21.0. The van der Waals surface area contributed by atoms with Crippen molar-refractivity contribution in [3.63, 3.8) is 0 Å². The number of unbranched alkanes of at least 4 members (excludes halogenated alkanes) is 10. The van der Waals surface area contributed by atoms with Gasteiger partial charge in [0.25, 0.3) is 0 Å². The molecule has 3 heteroatoms. The van der Waals surface area contributed by atoms with Crippen LogP contribution in [0.1, 0.15) is 123 Å². The van der Waals surface area contributed by atoms with Crippen LogP contribution in [0.4, 0.5) is 0 Å². The number of carbonyl (C=O) groups excluding carboxylic acids is 3. The van der Waals surface area contributed by atoms with Crippen molar-refractivity contribution in [2.75, 3.05) is 0 Å². The first-order chi connectivity index (χ1) is 14.1. The summed E-state index contributed by atoms with van der Waals surface area (Å²) in [4.78, 5) is 34.4. The SMILES string of the molecule is CCCC(=O)CCCCCCCC(=O)C=CCCCCCCCC=CC(=O)CC. The first kappa shape index (κ1) is 27.5. The molecule has 29 heavy (non-hydrogen) atoms. The Morgan fingerprint density at radius 1 is 0.552 bits per heavy atom. The molecule has 0 atom stereocenters. The van der Waals surface area contributed by atoms with Crippen molar-refractivity contribution in [3.8, 4) is 0 Å². The van der Waals surface area contributed by atoms with Gasteiger partial charge in [-0.05, 0) is 57.1 Å². The van der Waals surface area contributed by atoms with Gasteiger partial charge in [-0.1, -0.05) is 64.5 Å². The van der Waals surface area contributed by atoms with Crippen LogP contribution in [0, 0.1) is 0 Å². The van der Waals surface area contributed by atoms with Crippen LogP contribution in [0.15, 0.2) is 24.3 Å². The summed E-state index contributed by atoms with van der Waals surface area (Å²) in [6.45, 7) is 3.93. The number of rotatable bonds is 21. The molecule has 3 nitrogen and oxygen atoms in total. The van der Waals surface area contributed by atoms with E-state index < -0.39 is 0 Å². The molecule has 0 aliphatic rings. The Kier molecular flexibility index (Phi) is 20.1. The van der Waals surface area contributed by atoms with E-state index in [2.05, 4.69) is 0 Å². The molecule has 0 aromatic heterocycles. The van der Waals surface area contributed by atoms with Gasteiger partial charge < -0.3 is 0 Å². The van der Waals surface area contributed by atoms with Crippen molar-refractivity contribution in [3.05, 3.63) is 24.3 Å². The highest BCUT2D eigenvalue weighted by molar-refractivity contribution is 5.89. The smallest absolute Gasteiger partial charge is 0.155 e. The molecular formula is C26H44O3. The molecule has 0 rings (SSSR count). The van der Waals surface area contributed by atoms with Gasteiger partial charge in [0, 0.05) is 25.7 Å². The predicted molar refractivity (Wildman–Crippen MR) is 123 cm³/mol. The quantitative estimate of drug-likeness (QED) is 0.147. The average molecular weight is 405 g/mol. The molecular weight excluding hydrogens is 360 g/mol. The Labute approximate surface area is 179 Å². The summed E-state index contributed by atoms with van der Waals surface area (Å²) in [6.07, 6.45) is 24.3. The summed E-state index contributed by atoms with van der Waals surface area (Å²) < 4.78 is 0. The molecule has 0 N–H and O–H groups in total. The lowest BCUT2D eigenvalue weighted by Gasteiger charge is -2.01. The first-order valence-electron chi connectivity index (χ1n) is 12.0. The fourth-order valence-corrected chi connectivity index (χ4v) is 3.24. The van der Waals surface area contributed by atoms with E-state index >= 15 is 0 Å². The molecule has 0 aromatic carbocycles. The van der Waals surface area contributed by atoms with E-state index in [1.54, 1.807) is 12.2 Å². The predicted octanol–water partition coefficient (Wildman–Crippen LogP) is 7.48. The van der Waals surface area contributed by atoms with Crippen LogP contribution in [-0.2, 0) is 14.4 Å². The lowest BCUT2D eigenvalue weighted by molar-refractivity contribution is -0.119. The normalized spacial score (nSPS) is 11.5. The second-order valence-electron chi connectivity index (χ2n) is 7.99. The molecule has 0 spiro atoms. The standard InChI is InChI=1S/C26H44O3/c1-3-19-25(28)21-16-13-10-14-18-23-26(29)22-17-12-9-7-5-6-8-11-15-20-24(27)4-2/h15,17,20,22H,3-14,16,18-19,21,23H2,1-2H3. The molecule has 0 bridgehead atoms. The van der Waals surface area contributed by atoms with E-state index in [0.717, 1.165) is 77.0 Å².